The topological polar surface area (TPSA) is 108 Å². The molecule has 0 radical (unpaired) electrons. The molecule has 9 heteroatoms. The normalized spacial score (nSPS) is 11.4. The van der Waals surface area contributed by atoms with Crippen LogP contribution in [0.4, 0.5) is 11.4 Å². The van der Waals surface area contributed by atoms with E-state index in [4.69, 9.17) is 9.47 Å². The first-order valence-corrected chi connectivity index (χ1v) is 9.07. The van der Waals surface area contributed by atoms with Crippen LogP contribution in [0.2, 0.25) is 0 Å². The average Bonchev–Trinajstić information content (AvgIpc) is 2.67. The molecular weight excluding hydrogens is 372 g/mol. The molecule has 0 aliphatic heterocycles. The van der Waals surface area contributed by atoms with Crippen LogP contribution in [0, 0.1) is 10.1 Å². The number of methoxy groups -OCH3 is 1. The van der Waals surface area contributed by atoms with Gasteiger partial charge in [0, 0.05) is 4.90 Å². The summed E-state index contributed by atoms with van der Waals surface area (Å²) in [4.78, 5) is 35.9. The zero-order valence-electron chi connectivity index (χ0n) is 14.9. The molecule has 0 aliphatic rings. The first-order chi connectivity index (χ1) is 12.9. The van der Waals surface area contributed by atoms with Gasteiger partial charge in [-0.05, 0) is 37.4 Å². The van der Waals surface area contributed by atoms with Gasteiger partial charge in [-0.2, -0.15) is 0 Å². The van der Waals surface area contributed by atoms with Crippen LogP contribution in [0.1, 0.15) is 17.3 Å². The van der Waals surface area contributed by atoms with Gasteiger partial charge in [0.25, 0.3) is 11.6 Å². The standard InChI is InChI=1S/C18H18N2O6S/c1-11(26-18(22)13-6-4-5-7-16(13)27-3)17(21)19-14-9-8-12(25-2)10-15(14)20(23)24/h4-11H,1-3H3,(H,19,21)/t11-/m0/s1. The highest BCUT2D eigenvalue weighted by Gasteiger charge is 2.23. The van der Waals surface area contributed by atoms with Gasteiger partial charge in [-0.3, -0.25) is 14.9 Å². The number of esters is 1. The van der Waals surface area contributed by atoms with E-state index in [9.17, 15) is 19.7 Å². The number of hydrogen-bond acceptors (Lipinski definition) is 7. The van der Waals surface area contributed by atoms with Gasteiger partial charge in [-0.25, -0.2) is 4.79 Å². The van der Waals surface area contributed by atoms with Gasteiger partial charge < -0.3 is 14.8 Å². The summed E-state index contributed by atoms with van der Waals surface area (Å²) in [7, 11) is 1.38. The number of benzene rings is 2. The predicted octanol–water partition coefficient (Wildman–Crippen LogP) is 3.51. The number of rotatable bonds is 7. The van der Waals surface area contributed by atoms with E-state index in [1.165, 1.54) is 44.0 Å². The van der Waals surface area contributed by atoms with E-state index in [0.29, 0.717) is 5.56 Å². The third-order valence-corrected chi connectivity index (χ3v) is 4.44. The smallest absolute Gasteiger partial charge is 0.340 e. The fourth-order valence-corrected chi connectivity index (χ4v) is 2.81. The van der Waals surface area contributed by atoms with Crippen molar-refractivity contribution in [3.05, 3.63) is 58.1 Å². The molecule has 2 rings (SSSR count). The summed E-state index contributed by atoms with van der Waals surface area (Å²) in [6.45, 7) is 1.39. The fraction of sp³-hybridized carbons (Fsp3) is 0.222. The Labute approximate surface area is 160 Å². The van der Waals surface area contributed by atoms with Gasteiger partial charge in [-0.15, -0.1) is 11.8 Å². The van der Waals surface area contributed by atoms with Crippen molar-refractivity contribution in [3.8, 4) is 5.75 Å². The summed E-state index contributed by atoms with van der Waals surface area (Å²) in [5, 5.41) is 13.6. The Hall–Kier alpha value is -3.07. The number of anilines is 1. The van der Waals surface area contributed by atoms with Gasteiger partial charge >= 0.3 is 5.97 Å². The average molecular weight is 390 g/mol. The first-order valence-electron chi connectivity index (χ1n) is 7.84. The second kappa shape index (κ2) is 9.04. The Morgan fingerprint density at radius 1 is 1.22 bits per heavy atom. The van der Waals surface area contributed by atoms with Crippen molar-refractivity contribution in [1.82, 2.24) is 0 Å². The zero-order chi connectivity index (χ0) is 20.0. The number of nitrogens with zero attached hydrogens (tertiary/aromatic N) is 1. The van der Waals surface area contributed by atoms with Gasteiger partial charge in [-0.1, -0.05) is 12.1 Å². The Bertz CT molecular complexity index is 871. The van der Waals surface area contributed by atoms with Crippen LogP contribution in [0.5, 0.6) is 5.75 Å². The third kappa shape index (κ3) is 4.98. The van der Waals surface area contributed by atoms with Crippen LogP contribution >= 0.6 is 11.8 Å². The molecule has 142 valence electrons. The van der Waals surface area contributed by atoms with Crippen LogP contribution in [0.3, 0.4) is 0 Å². The van der Waals surface area contributed by atoms with E-state index in [1.54, 1.807) is 24.3 Å². The third-order valence-electron chi connectivity index (χ3n) is 3.64. The minimum absolute atomic E-state index is 0.0155. The molecule has 0 heterocycles. The van der Waals surface area contributed by atoms with E-state index < -0.39 is 22.9 Å². The molecule has 1 atom stereocenters. The summed E-state index contributed by atoms with van der Waals surface area (Å²) in [5.74, 6) is -1.04. The van der Waals surface area contributed by atoms with Crippen molar-refractivity contribution in [3.63, 3.8) is 0 Å². The summed E-state index contributed by atoms with van der Waals surface area (Å²) in [6.07, 6.45) is 0.680. The number of hydrogen-bond donors (Lipinski definition) is 1. The van der Waals surface area contributed by atoms with Gasteiger partial charge in [0.2, 0.25) is 0 Å². The Kier molecular flexibility index (Phi) is 6.78. The highest BCUT2D eigenvalue weighted by molar-refractivity contribution is 7.98. The maximum atomic E-state index is 12.3. The van der Waals surface area contributed by atoms with Gasteiger partial charge in [0.15, 0.2) is 6.10 Å². The maximum Gasteiger partial charge on any atom is 0.340 e. The van der Waals surface area contributed by atoms with E-state index in [2.05, 4.69) is 5.32 Å². The van der Waals surface area contributed by atoms with Crippen LogP contribution in [-0.4, -0.2) is 36.3 Å². The molecule has 1 N–H and O–H groups in total. The number of amides is 1. The molecule has 0 aliphatic carbocycles. The monoisotopic (exact) mass is 390 g/mol. The largest absolute Gasteiger partial charge is 0.496 e. The molecule has 0 saturated carbocycles. The van der Waals surface area contributed by atoms with Crippen LogP contribution < -0.4 is 10.1 Å². The number of ether oxygens (including phenoxy) is 2. The van der Waals surface area contributed by atoms with Crippen LogP contribution in [0.25, 0.3) is 0 Å². The van der Waals surface area contributed by atoms with Crippen molar-refractivity contribution >= 4 is 35.0 Å². The molecule has 2 aromatic rings. The minimum atomic E-state index is -1.14. The molecule has 0 saturated heterocycles. The van der Waals surface area contributed by atoms with Crippen molar-refractivity contribution in [1.29, 1.82) is 0 Å². The number of carbonyl (C=O) groups is 2. The molecule has 0 spiro atoms. The van der Waals surface area contributed by atoms with Gasteiger partial charge in [0.05, 0.1) is 23.7 Å². The lowest BCUT2D eigenvalue weighted by molar-refractivity contribution is -0.384. The lowest BCUT2D eigenvalue weighted by atomic mass is 10.2. The van der Waals surface area contributed by atoms with Crippen molar-refractivity contribution in [2.24, 2.45) is 0 Å². The summed E-state index contributed by atoms with van der Waals surface area (Å²) in [6, 6.07) is 10.9. The number of nitro benzene ring substituents is 1. The second-order valence-corrected chi connectivity index (χ2v) is 6.23. The Morgan fingerprint density at radius 2 is 1.93 bits per heavy atom. The van der Waals surface area contributed by atoms with E-state index >= 15 is 0 Å². The molecule has 2 aromatic carbocycles. The predicted molar refractivity (Wildman–Crippen MR) is 101 cm³/mol. The number of nitro groups is 1. The molecule has 0 fully saturated rings. The van der Waals surface area contributed by atoms with Crippen molar-refractivity contribution in [2.45, 2.75) is 17.9 Å². The van der Waals surface area contributed by atoms with E-state index in [-0.39, 0.29) is 17.1 Å². The second-order valence-electron chi connectivity index (χ2n) is 5.38. The number of nitrogens with one attached hydrogen (secondary N) is 1. The first kappa shape index (κ1) is 20.2. The molecule has 27 heavy (non-hydrogen) atoms. The minimum Gasteiger partial charge on any atom is -0.496 e. The molecule has 1 amide bonds. The highest BCUT2D eigenvalue weighted by Crippen LogP contribution is 2.29. The lowest BCUT2D eigenvalue weighted by Gasteiger charge is -2.15. The summed E-state index contributed by atoms with van der Waals surface area (Å²) in [5.41, 5.74) is 0.00671. The number of carbonyl (C=O) groups excluding carboxylic acids is 2. The quantitative estimate of drug-likeness (QED) is 0.333. The molecule has 0 aromatic heterocycles. The van der Waals surface area contributed by atoms with Crippen molar-refractivity contribution < 1.29 is 24.0 Å². The molecule has 0 unspecified atom stereocenters. The molecule has 8 nitrogen and oxygen atoms in total. The SMILES string of the molecule is COc1ccc(NC(=O)[C@H](C)OC(=O)c2ccccc2SC)c([N+](=O)[O-])c1. The van der Waals surface area contributed by atoms with Crippen LogP contribution in [-0.2, 0) is 9.53 Å². The Balaban J connectivity index is 2.12. The van der Waals surface area contributed by atoms with Crippen molar-refractivity contribution in [2.75, 3.05) is 18.7 Å². The van der Waals surface area contributed by atoms with Gasteiger partial charge in [0.1, 0.15) is 11.4 Å². The molecule has 0 bridgehead atoms. The van der Waals surface area contributed by atoms with E-state index in [1.807, 2.05) is 6.26 Å². The highest BCUT2D eigenvalue weighted by atomic mass is 32.2. The maximum absolute atomic E-state index is 12.3. The fourth-order valence-electron chi connectivity index (χ4n) is 2.22. The Morgan fingerprint density at radius 3 is 2.56 bits per heavy atom. The summed E-state index contributed by atoms with van der Waals surface area (Å²) < 4.78 is 10.1. The summed E-state index contributed by atoms with van der Waals surface area (Å²) >= 11 is 1.38. The molecular formula is C18H18N2O6S. The van der Waals surface area contributed by atoms with Crippen LogP contribution in [0.15, 0.2) is 47.4 Å². The van der Waals surface area contributed by atoms with E-state index in [0.717, 1.165) is 4.90 Å². The zero-order valence-corrected chi connectivity index (χ0v) is 15.7. The lowest BCUT2D eigenvalue weighted by Crippen LogP contribution is -2.30. The number of thioether (sulfide) groups is 1.